The van der Waals surface area contributed by atoms with Crippen LogP contribution in [0, 0.1) is 46.4 Å². The normalized spacial score (nSPS) is 21.4. The second-order valence-corrected chi connectivity index (χ2v) is 4.43. The van der Waals surface area contributed by atoms with Crippen molar-refractivity contribution in [1.82, 2.24) is 0 Å². The van der Waals surface area contributed by atoms with Crippen LogP contribution in [-0.2, 0) is 4.74 Å². The SMILES string of the molecule is COC1=C[C@@H]([N+](=O)[O-])C(Cl)=C[C@@H]1C([N+](=O)[O-])([N+](=O)[O-])[N+](=O)[O-]. The van der Waals surface area contributed by atoms with Crippen molar-refractivity contribution < 1.29 is 24.4 Å². The zero-order chi connectivity index (χ0) is 17.2. The summed E-state index contributed by atoms with van der Waals surface area (Å²) in [6.45, 7) is 0. The van der Waals surface area contributed by atoms with Crippen LogP contribution < -0.4 is 0 Å². The minimum atomic E-state index is -3.91. The Balaban J connectivity index is 3.59. The number of rotatable bonds is 6. The molecule has 0 spiro atoms. The molecule has 22 heavy (non-hydrogen) atoms. The molecular formula is C8H7ClN4O9. The fourth-order valence-electron chi connectivity index (χ4n) is 1.88. The predicted octanol–water partition coefficient (Wildman–Crippen LogP) is 0.398. The van der Waals surface area contributed by atoms with E-state index in [1.165, 1.54) is 0 Å². The van der Waals surface area contributed by atoms with E-state index in [-0.39, 0.29) is 0 Å². The van der Waals surface area contributed by atoms with E-state index in [0.29, 0.717) is 12.2 Å². The van der Waals surface area contributed by atoms with E-state index in [2.05, 4.69) is 4.74 Å². The van der Waals surface area contributed by atoms with E-state index in [1.54, 1.807) is 0 Å². The Kier molecular flexibility index (Phi) is 4.61. The molecular weight excluding hydrogens is 332 g/mol. The lowest BCUT2D eigenvalue weighted by molar-refractivity contribution is -0.975. The van der Waals surface area contributed by atoms with E-state index < -0.39 is 48.2 Å². The van der Waals surface area contributed by atoms with Gasteiger partial charge >= 0.3 is 5.79 Å². The number of methoxy groups -OCH3 is 1. The van der Waals surface area contributed by atoms with Crippen molar-refractivity contribution in [3.05, 3.63) is 63.4 Å². The average Bonchev–Trinajstić information content (AvgIpc) is 2.37. The van der Waals surface area contributed by atoms with Crippen molar-refractivity contribution in [2.45, 2.75) is 11.8 Å². The van der Waals surface area contributed by atoms with Gasteiger partial charge < -0.3 is 4.74 Å². The Hall–Kier alpha value is -2.83. The third kappa shape index (κ3) is 2.41. The lowest BCUT2D eigenvalue weighted by atomic mass is 9.92. The van der Waals surface area contributed by atoms with E-state index in [9.17, 15) is 40.5 Å². The van der Waals surface area contributed by atoms with Crippen molar-refractivity contribution in [3.8, 4) is 0 Å². The minimum absolute atomic E-state index is 0.516. The van der Waals surface area contributed by atoms with Crippen LogP contribution in [-0.4, -0.2) is 38.6 Å². The number of hydrogen-bond donors (Lipinski definition) is 0. The Bertz CT molecular complexity index is 579. The van der Waals surface area contributed by atoms with Gasteiger partial charge in [0.2, 0.25) is 0 Å². The molecule has 0 radical (unpaired) electrons. The molecule has 120 valence electrons. The van der Waals surface area contributed by atoms with Crippen LogP contribution in [0.5, 0.6) is 0 Å². The van der Waals surface area contributed by atoms with Crippen molar-refractivity contribution in [2.75, 3.05) is 7.11 Å². The van der Waals surface area contributed by atoms with Gasteiger partial charge in [0.15, 0.2) is 14.8 Å². The predicted molar refractivity (Wildman–Crippen MR) is 67.0 cm³/mol. The van der Waals surface area contributed by atoms with Gasteiger partial charge in [-0.3, -0.25) is 40.5 Å². The number of halogens is 1. The Labute approximate surface area is 125 Å². The lowest BCUT2D eigenvalue weighted by Gasteiger charge is -2.21. The quantitative estimate of drug-likeness (QED) is 0.375. The second kappa shape index (κ2) is 5.88. The third-order valence-corrected chi connectivity index (χ3v) is 3.27. The molecule has 1 aliphatic carbocycles. The van der Waals surface area contributed by atoms with Crippen LogP contribution in [0.3, 0.4) is 0 Å². The van der Waals surface area contributed by atoms with Gasteiger partial charge in [0, 0.05) is 11.0 Å². The molecule has 0 N–H and O–H groups in total. The maximum absolute atomic E-state index is 11.0. The summed E-state index contributed by atoms with van der Waals surface area (Å²) in [5, 5.41) is 43.2. The second-order valence-electron chi connectivity index (χ2n) is 3.99. The summed E-state index contributed by atoms with van der Waals surface area (Å²) in [7, 11) is 0.910. The van der Waals surface area contributed by atoms with Gasteiger partial charge in [-0.1, -0.05) is 11.6 Å². The van der Waals surface area contributed by atoms with E-state index in [1.807, 2.05) is 0 Å². The summed E-state index contributed by atoms with van der Waals surface area (Å²) < 4.78 is 4.63. The first-order chi connectivity index (χ1) is 10.1. The van der Waals surface area contributed by atoms with Gasteiger partial charge in [-0.15, -0.1) is 0 Å². The first-order valence-electron chi connectivity index (χ1n) is 5.30. The molecule has 0 fully saturated rings. The minimum Gasteiger partial charge on any atom is -0.500 e. The highest BCUT2D eigenvalue weighted by atomic mass is 35.5. The van der Waals surface area contributed by atoms with Crippen molar-refractivity contribution in [2.24, 2.45) is 5.92 Å². The molecule has 0 aliphatic heterocycles. The Morgan fingerprint density at radius 1 is 1.05 bits per heavy atom. The molecule has 0 aromatic rings. The molecule has 0 aromatic carbocycles. The number of nitrogens with zero attached hydrogens (tertiary/aromatic N) is 4. The Morgan fingerprint density at radius 2 is 1.50 bits per heavy atom. The third-order valence-electron chi connectivity index (χ3n) is 2.92. The molecule has 0 amide bonds. The van der Waals surface area contributed by atoms with Crippen LogP contribution in [0.4, 0.5) is 0 Å². The zero-order valence-electron chi connectivity index (χ0n) is 10.7. The highest BCUT2D eigenvalue weighted by molar-refractivity contribution is 6.30. The highest BCUT2D eigenvalue weighted by Gasteiger charge is 2.78. The van der Waals surface area contributed by atoms with Gasteiger partial charge in [0.1, 0.15) is 5.76 Å². The van der Waals surface area contributed by atoms with E-state index in [0.717, 1.165) is 7.11 Å². The smallest absolute Gasteiger partial charge is 0.500 e. The van der Waals surface area contributed by atoms with Gasteiger partial charge in [0.05, 0.1) is 12.1 Å². The fourth-order valence-corrected chi connectivity index (χ4v) is 2.15. The van der Waals surface area contributed by atoms with E-state index >= 15 is 0 Å². The molecule has 2 atom stereocenters. The van der Waals surface area contributed by atoms with Crippen molar-refractivity contribution in [1.29, 1.82) is 0 Å². The Morgan fingerprint density at radius 3 is 1.82 bits per heavy atom. The summed E-state index contributed by atoms with van der Waals surface area (Å²) in [4.78, 5) is 37.8. The number of ether oxygens (including phenoxy) is 1. The topological polar surface area (TPSA) is 182 Å². The summed E-state index contributed by atoms with van der Waals surface area (Å²) in [5.41, 5.74) is 0. The molecule has 0 bridgehead atoms. The van der Waals surface area contributed by atoms with Crippen LogP contribution in [0.1, 0.15) is 0 Å². The van der Waals surface area contributed by atoms with Gasteiger partial charge in [-0.2, -0.15) is 0 Å². The van der Waals surface area contributed by atoms with Gasteiger partial charge in [-0.25, -0.2) is 0 Å². The summed E-state index contributed by atoms with van der Waals surface area (Å²) in [6.07, 6.45) is 1.17. The summed E-state index contributed by atoms with van der Waals surface area (Å²) in [6, 6.07) is -1.67. The first-order valence-corrected chi connectivity index (χ1v) is 5.68. The summed E-state index contributed by atoms with van der Waals surface area (Å²) in [5.74, 6) is -6.73. The number of hydrogen-bond acceptors (Lipinski definition) is 9. The molecule has 0 aromatic heterocycles. The van der Waals surface area contributed by atoms with Crippen LogP contribution in [0.25, 0.3) is 0 Å². The first kappa shape index (κ1) is 17.2. The van der Waals surface area contributed by atoms with Gasteiger partial charge in [-0.05, 0) is 6.08 Å². The molecule has 0 heterocycles. The van der Waals surface area contributed by atoms with Crippen molar-refractivity contribution >= 4 is 11.6 Å². The zero-order valence-corrected chi connectivity index (χ0v) is 11.4. The van der Waals surface area contributed by atoms with Crippen LogP contribution in [0.2, 0.25) is 0 Å². The lowest BCUT2D eigenvalue weighted by Crippen LogP contribution is -2.59. The standard InChI is InChI=1S/C8H7ClN4O9/c1-22-7-3-6(10(14)15)5(9)2-4(7)8(11(16)17,12(18)19)13(20)21/h2-4,6H,1H3/t4-,6+/m0/s1. The average molecular weight is 339 g/mol. The monoisotopic (exact) mass is 338 g/mol. The molecule has 1 aliphatic rings. The molecule has 0 saturated carbocycles. The van der Waals surface area contributed by atoms with Crippen LogP contribution >= 0.6 is 11.6 Å². The maximum atomic E-state index is 11.0. The number of nitro groups is 4. The molecule has 13 nitrogen and oxygen atoms in total. The van der Waals surface area contributed by atoms with Crippen LogP contribution in [0.15, 0.2) is 22.9 Å². The summed E-state index contributed by atoms with van der Waals surface area (Å²) >= 11 is 5.57. The molecule has 0 saturated heterocycles. The molecule has 14 heteroatoms. The van der Waals surface area contributed by atoms with E-state index in [4.69, 9.17) is 11.6 Å². The molecule has 1 rings (SSSR count). The highest BCUT2D eigenvalue weighted by Crippen LogP contribution is 2.37. The van der Waals surface area contributed by atoms with Gasteiger partial charge in [0.25, 0.3) is 12.0 Å². The maximum Gasteiger partial charge on any atom is 0.713 e. The fraction of sp³-hybridized carbons (Fsp3) is 0.500. The van der Waals surface area contributed by atoms with Crippen molar-refractivity contribution in [3.63, 3.8) is 0 Å². The largest absolute Gasteiger partial charge is 0.713 e. The molecule has 0 unspecified atom stereocenters.